The van der Waals surface area contributed by atoms with Gasteiger partial charge in [-0.25, -0.2) is 0 Å². The second-order valence-electron chi connectivity index (χ2n) is 3.10. The minimum atomic E-state index is -0.169. The van der Waals surface area contributed by atoms with Crippen molar-refractivity contribution >= 4 is 5.91 Å². The number of rotatable bonds is 3. The highest BCUT2D eigenvalue weighted by molar-refractivity contribution is 5.97. The molecule has 15 heavy (non-hydrogen) atoms. The van der Waals surface area contributed by atoms with E-state index >= 15 is 0 Å². The summed E-state index contributed by atoms with van der Waals surface area (Å²) in [6.07, 6.45) is 0. The molecule has 0 aliphatic heterocycles. The van der Waals surface area contributed by atoms with Crippen molar-refractivity contribution in [3.05, 3.63) is 23.3 Å². The molecule has 0 aliphatic rings. The fraction of sp³-hybridized carbons (Fsp3) is 0.364. The largest absolute Gasteiger partial charge is 0.496 e. The van der Waals surface area contributed by atoms with Crippen LogP contribution in [0, 0.1) is 6.92 Å². The molecule has 1 aromatic carbocycles. The van der Waals surface area contributed by atoms with E-state index in [0.29, 0.717) is 17.1 Å². The van der Waals surface area contributed by atoms with Crippen LogP contribution in [0.15, 0.2) is 12.1 Å². The summed E-state index contributed by atoms with van der Waals surface area (Å²) < 4.78 is 10.3. The van der Waals surface area contributed by atoms with Crippen molar-refractivity contribution in [1.82, 2.24) is 5.32 Å². The molecule has 1 aromatic rings. The molecule has 0 aromatic heterocycles. The Bertz CT molecular complexity index is 374. The number of benzene rings is 1. The number of methoxy groups -OCH3 is 2. The first-order chi connectivity index (χ1) is 7.13. The highest BCUT2D eigenvalue weighted by atomic mass is 16.5. The van der Waals surface area contributed by atoms with E-state index in [1.165, 1.54) is 7.11 Å². The zero-order valence-corrected chi connectivity index (χ0v) is 9.38. The van der Waals surface area contributed by atoms with Gasteiger partial charge in [-0.15, -0.1) is 0 Å². The topological polar surface area (TPSA) is 47.6 Å². The van der Waals surface area contributed by atoms with E-state index < -0.39 is 0 Å². The Morgan fingerprint density at radius 1 is 1.20 bits per heavy atom. The minimum absolute atomic E-state index is 0.169. The third kappa shape index (κ3) is 2.21. The summed E-state index contributed by atoms with van der Waals surface area (Å²) in [6, 6.07) is 3.45. The Balaban J connectivity index is 3.27. The summed E-state index contributed by atoms with van der Waals surface area (Å²) in [6.45, 7) is 1.88. The molecular weight excluding hydrogens is 194 g/mol. The van der Waals surface area contributed by atoms with Crippen molar-refractivity contribution in [2.75, 3.05) is 21.3 Å². The van der Waals surface area contributed by atoms with Crippen LogP contribution in [0.4, 0.5) is 0 Å². The first kappa shape index (κ1) is 11.4. The number of ether oxygens (including phenoxy) is 2. The summed E-state index contributed by atoms with van der Waals surface area (Å²) in [5, 5.41) is 2.56. The van der Waals surface area contributed by atoms with Crippen molar-refractivity contribution in [3.8, 4) is 11.5 Å². The molecule has 0 fully saturated rings. The Morgan fingerprint density at radius 2 is 1.80 bits per heavy atom. The molecule has 0 bridgehead atoms. The SMILES string of the molecule is CNC(=O)c1cc(C)c(OC)cc1OC. The van der Waals surface area contributed by atoms with Gasteiger partial charge in [-0.1, -0.05) is 0 Å². The number of carbonyl (C=O) groups is 1. The standard InChI is InChI=1S/C11H15NO3/c1-7-5-8(11(13)12-2)10(15-4)6-9(7)14-3/h5-6H,1-4H3,(H,12,13). The molecule has 1 N–H and O–H groups in total. The molecule has 0 saturated heterocycles. The van der Waals surface area contributed by atoms with Gasteiger partial charge in [-0.2, -0.15) is 0 Å². The van der Waals surface area contributed by atoms with Crippen LogP contribution in [0.5, 0.6) is 11.5 Å². The number of hydrogen-bond donors (Lipinski definition) is 1. The maximum Gasteiger partial charge on any atom is 0.254 e. The number of aryl methyl sites for hydroxylation is 1. The van der Waals surface area contributed by atoms with Crippen molar-refractivity contribution in [2.24, 2.45) is 0 Å². The van der Waals surface area contributed by atoms with Crippen molar-refractivity contribution < 1.29 is 14.3 Å². The lowest BCUT2D eigenvalue weighted by molar-refractivity contribution is 0.0960. The molecule has 0 atom stereocenters. The van der Waals surface area contributed by atoms with Crippen LogP contribution in [-0.2, 0) is 0 Å². The van der Waals surface area contributed by atoms with E-state index in [1.807, 2.05) is 6.92 Å². The van der Waals surface area contributed by atoms with E-state index in [0.717, 1.165) is 5.56 Å². The van der Waals surface area contributed by atoms with E-state index in [-0.39, 0.29) is 5.91 Å². The Hall–Kier alpha value is -1.71. The number of nitrogens with one attached hydrogen (secondary N) is 1. The van der Waals surface area contributed by atoms with Gasteiger partial charge in [0.15, 0.2) is 0 Å². The zero-order valence-electron chi connectivity index (χ0n) is 9.38. The minimum Gasteiger partial charge on any atom is -0.496 e. The van der Waals surface area contributed by atoms with Crippen LogP contribution in [0.1, 0.15) is 15.9 Å². The lowest BCUT2D eigenvalue weighted by atomic mass is 10.1. The van der Waals surface area contributed by atoms with Crippen LogP contribution in [0.2, 0.25) is 0 Å². The number of carbonyl (C=O) groups excluding carboxylic acids is 1. The first-order valence-electron chi connectivity index (χ1n) is 4.58. The predicted molar refractivity (Wildman–Crippen MR) is 57.7 cm³/mol. The summed E-state index contributed by atoms with van der Waals surface area (Å²) >= 11 is 0. The Labute approximate surface area is 89.2 Å². The second-order valence-corrected chi connectivity index (χ2v) is 3.10. The van der Waals surface area contributed by atoms with Gasteiger partial charge >= 0.3 is 0 Å². The van der Waals surface area contributed by atoms with Crippen molar-refractivity contribution in [3.63, 3.8) is 0 Å². The number of amides is 1. The van der Waals surface area contributed by atoms with Gasteiger partial charge in [0.2, 0.25) is 0 Å². The van der Waals surface area contributed by atoms with E-state index in [1.54, 1.807) is 26.3 Å². The highest BCUT2D eigenvalue weighted by Gasteiger charge is 2.13. The predicted octanol–water partition coefficient (Wildman–Crippen LogP) is 1.37. The Morgan fingerprint density at radius 3 is 2.27 bits per heavy atom. The van der Waals surface area contributed by atoms with Crippen LogP contribution in [0.25, 0.3) is 0 Å². The maximum absolute atomic E-state index is 11.5. The van der Waals surface area contributed by atoms with Crippen LogP contribution < -0.4 is 14.8 Å². The third-order valence-electron chi connectivity index (χ3n) is 2.19. The van der Waals surface area contributed by atoms with E-state index in [2.05, 4.69) is 5.32 Å². The average molecular weight is 209 g/mol. The van der Waals surface area contributed by atoms with Gasteiger partial charge in [0.25, 0.3) is 5.91 Å². The van der Waals surface area contributed by atoms with E-state index in [4.69, 9.17) is 9.47 Å². The van der Waals surface area contributed by atoms with Gasteiger partial charge in [0, 0.05) is 13.1 Å². The molecule has 1 amide bonds. The molecule has 0 saturated carbocycles. The average Bonchev–Trinajstić information content (AvgIpc) is 2.27. The number of hydrogen-bond acceptors (Lipinski definition) is 3. The molecule has 0 radical (unpaired) electrons. The van der Waals surface area contributed by atoms with Crippen LogP contribution >= 0.6 is 0 Å². The van der Waals surface area contributed by atoms with E-state index in [9.17, 15) is 4.79 Å². The third-order valence-corrected chi connectivity index (χ3v) is 2.19. The molecular formula is C11H15NO3. The highest BCUT2D eigenvalue weighted by Crippen LogP contribution is 2.28. The van der Waals surface area contributed by atoms with Crippen molar-refractivity contribution in [2.45, 2.75) is 6.92 Å². The Kier molecular flexibility index (Phi) is 3.55. The molecule has 82 valence electrons. The summed E-state index contributed by atoms with van der Waals surface area (Å²) in [7, 11) is 4.69. The van der Waals surface area contributed by atoms with Gasteiger partial charge in [-0.3, -0.25) is 4.79 Å². The van der Waals surface area contributed by atoms with Crippen LogP contribution in [0.3, 0.4) is 0 Å². The van der Waals surface area contributed by atoms with Gasteiger partial charge in [0.05, 0.1) is 19.8 Å². The summed E-state index contributed by atoms with van der Waals surface area (Å²) in [5.41, 5.74) is 1.41. The molecule has 1 rings (SSSR count). The molecule has 0 unspecified atom stereocenters. The molecule has 0 heterocycles. The summed E-state index contributed by atoms with van der Waals surface area (Å²) in [5.74, 6) is 1.05. The van der Waals surface area contributed by atoms with Gasteiger partial charge in [-0.05, 0) is 18.6 Å². The fourth-order valence-corrected chi connectivity index (χ4v) is 1.37. The molecule has 4 heteroatoms. The van der Waals surface area contributed by atoms with Gasteiger partial charge < -0.3 is 14.8 Å². The summed E-state index contributed by atoms with van der Waals surface area (Å²) in [4.78, 5) is 11.5. The molecule has 4 nitrogen and oxygen atoms in total. The first-order valence-corrected chi connectivity index (χ1v) is 4.58. The lowest BCUT2D eigenvalue weighted by Gasteiger charge is -2.11. The smallest absolute Gasteiger partial charge is 0.254 e. The molecule has 0 spiro atoms. The normalized spacial score (nSPS) is 9.60. The fourth-order valence-electron chi connectivity index (χ4n) is 1.37. The van der Waals surface area contributed by atoms with Gasteiger partial charge in [0.1, 0.15) is 11.5 Å². The zero-order chi connectivity index (χ0) is 11.4. The monoisotopic (exact) mass is 209 g/mol. The van der Waals surface area contributed by atoms with Crippen molar-refractivity contribution in [1.29, 1.82) is 0 Å². The van der Waals surface area contributed by atoms with Crippen LogP contribution in [-0.4, -0.2) is 27.2 Å². The maximum atomic E-state index is 11.5. The molecule has 0 aliphatic carbocycles. The second kappa shape index (κ2) is 4.68. The lowest BCUT2D eigenvalue weighted by Crippen LogP contribution is -2.18. The quantitative estimate of drug-likeness (QED) is 0.818.